The molecule has 4 rings (SSSR count). The molecule has 1 aliphatic carbocycles. The number of H-pyrrole nitrogens is 1. The summed E-state index contributed by atoms with van der Waals surface area (Å²) in [5, 5.41) is 1.27. The highest BCUT2D eigenvalue weighted by Crippen LogP contribution is 2.30. The first kappa shape index (κ1) is 13.9. The molecule has 1 unspecified atom stereocenters. The second-order valence-electron chi connectivity index (χ2n) is 6.89. The van der Waals surface area contributed by atoms with Gasteiger partial charge in [-0.05, 0) is 75.6 Å². The molecule has 2 heterocycles. The first-order chi connectivity index (χ1) is 10.7. The van der Waals surface area contributed by atoms with Crippen molar-refractivity contribution in [3.8, 4) is 0 Å². The highest BCUT2D eigenvalue weighted by molar-refractivity contribution is 5.99. The zero-order valence-electron chi connectivity index (χ0n) is 13.3. The molecule has 1 aromatic carbocycles. The van der Waals surface area contributed by atoms with Gasteiger partial charge in [0.2, 0.25) is 0 Å². The van der Waals surface area contributed by atoms with Crippen molar-refractivity contribution in [2.45, 2.75) is 57.9 Å². The van der Waals surface area contributed by atoms with Gasteiger partial charge >= 0.3 is 0 Å². The average Bonchev–Trinajstić information content (AvgIpc) is 2.92. The summed E-state index contributed by atoms with van der Waals surface area (Å²) in [5.74, 6) is 0.208. The lowest BCUT2D eigenvalue weighted by Crippen LogP contribution is -2.42. The summed E-state index contributed by atoms with van der Waals surface area (Å²) in [6.45, 7) is 3.08. The molecule has 22 heavy (non-hydrogen) atoms. The first-order valence-corrected chi connectivity index (χ1v) is 8.68. The van der Waals surface area contributed by atoms with Crippen molar-refractivity contribution in [2.24, 2.45) is 0 Å². The van der Waals surface area contributed by atoms with Crippen LogP contribution in [0.4, 0.5) is 0 Å². The van der Waals surface area contributed by atoms with Crippen LogP contribution < -0.4 is 0 Å². The lowest BCUT2D eigenvalue weighted by molar-refractivity contribution is 0.0636. The van der Waals surface area contributed by atoms with Crippen molar-refractivity contribution in [3.63, 3.8) is 0 Å². The molecule has 0 saturated carbocycles. The topological polar surface area (TPSA) is 36.1 Å². The van der Waals surface area contributed by atoms with E-state index in [0.717, 1.165) is 37.8 Å². The predicted octanol–water partition coefficient (Wildman–Crippen LogP) is 4.06. The number of aromatic amines is 1. The van der Waals surface area contributed by atoms with E-state index < -0.39 is 0 Å². The molecule has 2 aliphatic rings. The van der Waals surface area contributed by atoms with Crippen LogP contribution in [-0.4, -0.2) is 28.4 Å². The molecule has 3 nitrogen and oxygen atoms in total. The minimum atomic E-state index is 0.208. The smallest absolute Gasteiger partial charge is 0.254 e. The second-order valence-corrected chi connectivity index (χ2v) is 6.89. The van der Waals surface area contributed by atoms with Crippen LogP contribution in [0, 0.1) is 0 Å². The van der Waals surface area contributed by atoms with Gasteiger partial charge in [0.05, 0.1) is 0 Å². The Kier molecular flexibility index (Phi) is 3.44. The molecule has 3 heteroatoms. The molecule has 2 aromatic rings. The van der Waals surface area contributed by atoms with E-state index in [4.69, 9.17) is 0 Å². The fraction of sp³-hybridized carbons (Fsp3) is 0.526. The number of hydrogen-bond acceptors (Lipinski definition) is 1. The van der Waals surface area contributed by atoms with Crippen molar-refractivity contribution in [1.29, 1.82) is 0 Å². The number of benzene rings is 1. The van der Waals surface area contributed by atoms with Crippen molar-refractivity contribution in [3.05, 3.63) is 35.0 Å². The van der Waals surface area contributed by atoms with Gasteiger partial charge in [-0.1, -0.05) is 0 Å². The quantitative estimate of drug-likeness (QED) is 0.846. The number of carbonyl (C=O) groups excluding carboxylic acids is 1. The molecule has 1 amide bonds. The van der Waals surface area contributed by atoms with E-state index >= 15 is 0 Å². The van der Waals surface area contributed by atoms with Gasteiger partial charge < -0.3 is 9.88 Å². The molecule has 1 aromatic heterocycles. The maximum absolute atomic E-state index is 12.9. The number of carbonyl (C=O) groups is 1. The number of piperidine rings is 1. The van der Waals surface area contributed by atoms with E-state index in [0.29, 0.717) is 6.04 Å². The second kappa shape index (κ2) is 5.45. The average molecular weight is 296 g/mol. The van der Waals surface area contributed by atoms with Gasteiger partial charge in [-0.2, -0.15) is 0 Å². The van der Waals surface area contributed by atoms with Crippen molar-refractivity contribution in [2.75, 3.05) is 6.54 Å². The van der Waals surface area contributed by atoms with Crippen LogP contribution in [0.25, 0.3) is 10.9 Å². The normalized spacial score (nSPS) is 21.9. The predicted molar refractivity (Wildman–Crippen MR) is 89.3 cm³/mol. The van der Waals surface area contributed by atoms with Gasteiger partial charge in [-0.25, -0.2) is 0 Å². The first-order valence-electron chi connectivity index (χ1n) is 8.68. The zero-order chi connectivity index (χ0) is 15.1. The Labute approximate surface area is 131 Å². The molecule has 1 fully saturated rings. The molecule has 0 bridgehead atoms. The molecule has 116 valence electrons. The van der Waals surface area contributed by atoms with Crippen molar-refractivity contribution >= 4 is 16.8 Å². The lowest BCUT2D eigenvalue weighted by Gasteiger charge is -2.33. The molecule has 1 atom stereocenters. The highest BCUT2D eigenvalue weighted by Gasteiger charge is 2.25. The van der Waals surface area contributed by atoms with E-state index in [1.165, 1.54) is 41.4 Å². The summed E-state index contributed by atoms with van der Waals surface area (Å²) in [6, 6.07) is 6.58. The molecule has 1 aliphatic heterocycles. The Morgan fingerprint density at radius 1 is 1.18 bits per heavy atom. The standard InChI is InChI=1S/C19H24N2O/c1-13-6-4-5-11-21(13)19(22)14-9-10-18-16(12-14)15-7-2-3-8-17(15)20-18/h9-10,12-13,20H,2-8,11H2,1H3. The van der Waals surface area contributed by atoms with Crippen LogP contribution in [0.5, 0.6) is 0 Å². The molecule has 0 spiro atoms. The summed E-state index contributed by atoms with van der Waals surface area (Å²) in [6.07, 6.45) is 8.35. The van der Waals surface area contributed by atoms with Crippen LogP contribution in [-0.2, 0) is 12.8 Å². The third-order valence-electron chi connectivity index (χ3n) is 5.41. The Balaban J connectivity index is 1.71. The third-order valence-corrected chi connectivity index (χ3v) is 5.41. The van der Waals surface area contributed by atoms with E-state index in [1.54, 1.807) is 0 Å². The number of nitrogens with one attached hydrogen (secondary N) is 1. The Morgan fingerprint density at radius 2 is 2.05 bits per heavy atom. The van der Waals surface area contributed by atoms with Crippen LogP contribution in [0.2, 0.25) is 0 Å². The van der Waals surface area contributed by atoms with E-state index in [-0.39, 0.29) is 5.91 Å². The van der Waals surface area contributed by atoms with E-state index in [9.17, 15) is 4.79 Å². The fourth-order valence-corrected chi connectivity index (χ4v) is 4.10. The molecular formula is C19H24N2O. The minimum Gasteiger partial charge on any atom is -0.358 e. The number of rotatable bonds is 1. The lowest BCUT2D eigenvalue weighted by atomic mass is 9.95. The van der Waals surface area contributed by atoms with Crippen LogP contribution in [0.3, 0.4) is 0 Å². The molecular weight excluding hydrogens is 272 g/mol. The van der Waals surface area contributed by atoms with E-state index in [1.807, 2.05) is 6.07 Å². The highest BCUT2D eigenvalue weighted by atomic mass is 16.2. The van der Waals surface area contributed by atoms with Gasteiger partial charge in [-0.15, -0.1) is 0 Å². The Bertz CT molecular complexity index is 716. The van der Waals surface area contributed by atoms with Crippen LogP contribution in [0.15, 0.2) is 18.2 Å². The fourth-order valence-electron chi connectivity index (χ4n) is 4.10. The van der Waals surface area contributed by atoms with Gasteiger partial charge in [0, 0.05) is 34.7 Å². The number of fused-ring (bicyclic) bond motifs is 3. The Morgan fingerprint density at radius 3 is 2.91 bits per heavy atom. The van der Waals surface area contributed by atoms with Crippen molar-refractivity contribution < 1.29 is 4.79 Å². The Hall–Kier alpha value is -1.77. The molecule has 0 radical (unpaired) electrons. The number of aryl methyl sites for hydroxylation is 2. The number of likely N-dealkylation sites (tertiary alicyclic amines) is 1. The number of aromatic nitrogens is 1. The molecule has 1 saturated heterocycles. The summed E-state index contributed by atoms with van der Waals surface area (Å²) in [4.78, 5) is 18.5. The monoisotopic (exact) mass is 296 g/mol. The van der Waals surface area contributed by atoms with Crippen LogP contribution >= 0.6 is 0 Å². The van der Waals surface area contributed by atoms with Gasteiger partial charge in [-0.3, -0.25) is 4.79 Å². The number of hydrogen-bond donors (Lipinski definition) is 1. The maximum atomic E-state index is 12.9. The van der Waals surface area contributed by atoms with Crippen molar-refractivity contribution in [1.82, 2.24) is 9.88 Å². The summed E-state index contributed by atoms with van der Waals surface area (Å²) >= 11 is 0. The maximum Gasteiger partial charge on any atom is 0.254 e. The zero-order valence-corrected chi connectivity index (χ0v) is 13.3. The summed E-state index contributed by atoms with van der Waals surface area (Å²) in [7, 11) is 0. The van der Waals surface area contributed by atoms with Crippen LogP contribution in [0.1, 0.15) is 60.6 Å². The van der Waals surface area contributed by atoms with Gasteiger partial charge in [0.25, 0.3) is 5.91 Å². The number of amides is 1. The molecule has 1 N–H and O–H groups in total. The SMILES string of the molecule is CC1CCCCN1C(=O)c1ccc2[nH]c3c(c2c1)CCCC3. The minimum absolute atomic E-state index is 0.208. The largest absolute Gasteiger partial charge is 0.358 e. The third kappa shape index (κ3) is 2.23. The summed E-state index contributed by atoms with van der Waals surface area (Å²) in [5.41, 5.74) is 4.88. The van der Waals surface area contributed by atoms with Gasteiger partial charge in [0.1, 0.15) is 0 Å². The number of nitrogens with zero attached hydrogens (tertiary/aromatic N) is 1. The summed E-state index contributed by atoms with van der Waals surface area (Å²) < 4.78 is 0. The van der Waals surface area contributed by atoms with Gasteiger partial charge in [0.15, 0.2) is 0 Å². The van der Waals surface area contributed by atoms with E-state index in [2.05, 4.69) is 28.9 Å².